The molecule has 1 aromatic rings. The van der Waals surface area contributed by atoms with E-state index in [0.717, 1.165) is 31.7 Å². The van der Waals surface area contributed by atoms with Crippen molar-refractivity contribution in [3.05, 3.63) is 29.8 Å². The first kappa shape index (κ1) is 13.1. The van der Waals surface area contributed by atoms with Gasteiger partial charge in [0.15, 0.2) is 5.78 Å². The maximum atomic E-state index is 12.1. The van der Waals surface area contributed by atoms with E-state index in [1.807, 2.05) is 18.2 Å². The highest BCUT2D eigenvalue weighted by molar-refractivity contribution is 5.97. The van der Waals surface area contributed by atoms with Crippen LogP contribution in [0.25, 0.3) is 0 Å². The molecule has 98 valence electrons. The normalized spacial score (nSPS) is 17.7. The minimum Gasteiger partial charge on any atom is -0.497 e. The molecule has 18 heavy (non-hydrogen) atoms. The predicted octanol–water partition coefficient (Wildman–Crippen LogP) is 1.30. The summed E-state index contributed by atoms with van der Waals surface area (Å²) in [5, 5.41) is 0. The second-order valence-corrected chi connectivity index (χ2v) is 4.77. The fourth-order valence-electron chi connectivity index (χ4n) is 2.20. The van der Waals surface area contributed by atoms with Crippen LogP contribution in [-0.4, -0.2) is 43.5 Å². The van der Waals surface area contributed by atoms with Crippen LogP contribution < -0.4 is 10.5 Å². The first-order chi connectivity index (χ1) is 8.69. The summed E-state index contributed by atoms with van der Waals surface area (Å²) in [6, 6.07) is 7.61. The third-order valence-corrected chi connectivity index (χ3v) is 3.39. The lowest BCUT2D eigenvalue weighted by Crippen LogP contribution is -2.41. The summed E-state index contributed by atoms with van der Waals surface area (Å²) in [5.41, 5.74) is 6.56. The SMILES string of the molecule is COc1cccc(C(=O)CN2CCC(N)CC2)c1. The Balaban J connectivity index is 1.94. The number of hydrogen-bond donors (Lipinski definition) is 1. The Hall–Kier alpha value is -1.39. The van der Waals surface area contributed by atoms with Crippen molar-refractivity contribution in [1.82, 2.24) is 4.90 Å². The average Bonchev–Trinajstić information content (AvgIpc) is 2.41. The number of Topliss-reactive ketones (excluding diaryl/α,β-unsaturated/α-hetero) is 1. The van der Waals surface area contributed by atoms with Crippen molar-refractivity contribution in [2.75, 3.05) is 26.7 Å². The summed E-state index contributed by atoms with van der Waals surface area (Å²) in [5.74, 6) is 0.867. The number of nitrogens with two attached hydrogens (primary N) is 1. The van der Waals surface area contributed by atoms with Crippen molar-refractivity contribution in [3.63, 3.8) is 0 Å². The minimum absolute atomic E-state index is 0.143. The van der Waals surface area contributed by atoms with Crippen LogP contribution in [0.1, 0.15) is 23.2 Å². The van der Waals surface area contributed by atoms with E-state index in [2.05, 4.69) is 4.90 Å². The molecule has 1 aliphatic rings. The van der Waals surface area contributed by atoms with E-state index in [1.165, 1.54) is 0 Å². The molecule has 1 aromatic carbocycles. The van der Waals surface area contributed by atoms with Gasteiger partial charge in [-0.05, 0) is 25.0 Å². The molecule has 4 heteroatoms. The molecule has 0 amide bonds. The highest BCUT2D eigenvalue weighted by Gasteiger charge is 2.18. The number of methoxy groups -OCH3 is 1. The van der Waals surface area contributed by atoms with E-state index in [-0.39, 0.29) is 5.78 Å². The number of carbonyl (C=O) groups is 1. The van der Waals surface area contributed by atoms with Gasteiger partial charge in [-0.3, -0.25) is 9.69 Å². The number of ether oxygens (including phenoxy) is 1. The third kappa shape index (κ3) is 3.31. The summed E-state index contributed by atoms with van der Waals surface area (Å²) in [6.45, 7) is 2.30. The van der Waals surface area contributed by atoms with Crippen LogP contribution in [-0.2, 0) is 0 Å². The fourth-order valence-corrected chi connectivity index (χ4v) is 2.20. The van der Waals surface area contributed by atoms with Crippen LogP contribution in [0.2, 0.25) is 0 Å². The summed E-state index contributed by atoms with van der Waals surface area (Å²) < 4.78 is 5.13. The fraction of sp³-hybridized carbons (Fsp3) is 0.500. The zero-order valence-corrected chi connectivity index (χ0v) is 10.8. The molecule has 1 saturated heterocycles. The predicted molar refractivity (Wildman–Crippen MR) is 71.0 cm³/mol. The minimum atomic E-state index is 0.143. The average molecular weight is 248 g/mol. The van der Waals surface area contributed by atoms with Gasteiger partial charge < -0.3 is 10.5 Å². The lowest BCUT2D eigenvalue weighted by molar-refractivity contribution is 0.0909. The second kappa shape index (κ2) is 5.98. The molecule has 2 rings (SSSR count). The third-order valence-electron chi connectivity index (χ3n) is 3.39. The highest BCUT2D eigenvalue weighted by atomic mass is 16.5. The first-order valence-corrected chi connectivity index (χ1v) is 6.34. The highest BCUT2D eigenvalue weighted by Crippen LogP contribution is 2.14. The van der Waals surface area contributed by atoms with Crippen molar-refractivity contribution < 1.29 is 9.53 Å². The number of piperidine rings is 1. The quantitative estimate of drug-likeness (QED) is 0.816. The lowest BCUT2D eigenvalue weighted by atomic mass is 10.0. The Morgan fingerprint density at radius 2 is 2.17 bits per heavy atom. The number of likely N-dealkylation sites (tertiary alicyclic amines) is 1. The molecule has 0 bridgehead atoms. The Kier molecular flexibility index (Phi) is 4.33. The van der Waals surface area contributed by atoms with Gasteiger partial charge in [0.25, 0.3) is 0 Å². The Labute approximate surface area is 108 Å². The van der Waals surface area contributed by atoms with Crippen molar-refractivity contribution in [2.45, 2.75) is 18.9 Å². The summed E-state index contributed by atoms with van der Waals surface area (Å²) in [7, 11) is 1.61. The Morgan fingerprint density at radius 1 is 1.44 bits per heavy atom. The summed E-state index contributed by atoms with van der Waals surface area (Å²) >= 11 is 0. The van der Waals surface area contributed by atoms with Gasteiger partial charge in [-0.2, -0.15) is 0 Å². The molecule has 0 spiro atoms. The number of hydrogen-bond acceptors (Lipinski definition) is 4. The maximum Gasteiger partial charge on any atom is 0.176 e. The van der Waals surface area contributed by atoms with E-state index >= 15 is 0 Å². The standard InChI is InChI=1S/C14H20N2O2/c1-18-13-4-2-3-11(9-13)14(17)10-16-7-5-12(15)6-8-16/h2-4,9,12H,5-8,10,15H2,1H3. The molecule has 0 aliphatic carbocycles. The smallest absolute Gasteiger partial charge is 0.176 e. The lowest BCUT2D eigenvalue weighted by Gasteiger charge is -2.29. The van der Waals surface area contributed by atoms with Gasteiger partial charge in [0.1, 0.15) is 5.75 Å². The van der Waals surface area contributed by atoms with Crippen LogP contribution in [0.5, 0.6) is 5.75 Å². The van der Waals surface area contributed by atoms with Gasteiger partial charge in [0.05, 0.1) is 13.7 Å². The van der Waals surface area contributed by atoms with Gasteiger partial charge in [-0.25, -0.2) is 0 Å². The molecule has 0 atom stereocenters. The van der Waals surface area contributed by atoms with E-state index < -0.39 is 0 Å². The van der Waals surface area contributed by atoms with Gasteiger partial charge in [0, 0.05) is 24.7 Å². The Bertz CT molecular complexity index is 412. The number of benzene rings is 1. The van der Waals surface area contributed by atoms with E-state index in [0.29, 0.717) is 18.2 Å². The van der Waals surface area contributed by atoms with Crippen LogP contribution >= 0.6 is 0 Å². The molecule has 0 saturated carbocycles. The zero-order valence-electron chi connectivity index (χ0n) is 10.8. The van der Waals surface area contributed by atoms with Gasteiger partial charge in [-0.1, -0.05) is 12.1 Å². The number of rotatable bonds is 4. The number of nitrogens with zero attached hydrogens (tertiary/aromatic N) is 1. The molecule has 1 aliphatic heterocycles. The van der Waals surface area contributed by atoms with Crippen LogP contribution in [0.15, 0.2) is 24.3 Å². The first-order valence-electron chi connectivity index (χ1n) is 6.34. The zero-order chi connectivity index (χ0) is 13.0. The van der Waals surface area contributed by atoms with Crippen molar-refractivity contribution in [1.29, 1.82) is 0 Å². The molecular formula is C14H20N2O2. The van der Waals surface area contributed by atoms with Gasteiger partial charge in [0.2, 0.25) is 0 Å². The number of ketones is 1. The van der Waals surface area contributed by atoms with E-state index in [4.69, 9.17) is 10.5 Å². The molecule has 0 unspecified atom stereocenters. The topological polar surface area (TPSA) is 55.6 Å². The molecule has 4 nitrogen and oxygen atoms in total. The van der Waals surface area contributed by atoms with Crippen LogP contribution in [0, 0.1) is 0 Å². The van der Waals surface area contributed by atoms with Gasteiger partial charge >= 0.3 is 0 Å². The van der Waals surface area contributed by atoms with Gasteiger partial charge in [-0.15, -0.1) is 0 Å². The maximum absolute atomic E-state index is 12.1. The molecule has 0 aromatic heterocycles. The second-order valence-electron chi connectivity index (χ2n) is 4.77. The summed E-state index contributed by atoms with van der Waals surface area (Å²) in [6.07, 6.45) is 1.96. The monoisotopic (exact) mass is 248 g/mol. The molecule has 1 heterocycles. The van der Waals surface area contributed by atoms with Crippen molar-refractivity contribution in [2.24, 2.45) is 5.73 Å². The Morgan fingerprint density at radius 3 is 2.83 bits per heavy atom. The van der Waals surface area contributed by atoms with E-state index in [1.54, 1.807) is 13.2 Å². The van der Waals surface area contributed by atoms with E-state index in [9.17, 15) is 4.79 Å². The summed E-state index contributed by atoms with van der Waals surface area (Å²) in [4.78, 5) is 14.3. The van der Waals surface area contributed by atoms with Crippen molar-refractivity contribution in [3.8, 4) is 5.75 Å². The molecular weight excluding hydrogens is 228 g/mol. The molecule has 0 radical (unpaired) electrons. The largest absolute Gasteiger partial charge is 0.497 e. The van der Waals surface area contributed by atoms with Crippen molar-refractivity contribution >= 4 is 5.78 Å². The van der Waals surface area contributed by atoms with Crippen LogP contribution in [0.4, 0.5) is 0 Å². The number of carbonyl (C=O) groups excluding carboxylic acids is 1. The van der Waals surface area contributed by atoms with Crippen LogP contribution in [0.3, 0.4) is 0 Å². The molecule has 1 fully saturated rings. The molecule has 2 N–H and O–H groups in total.